The van der Waals surface area contributed by atoms with Crippen molar-refractivity contribution in [3.63, 3.8) is 0 Å². The molecule has 108 valence electrons. The van der Waals surface area contributed by atoms with E-state index in [-0.39, 0.29) is 11.3 Å². The van der Waals surface area contributed by atoms with Crippen molar-refractivity contribution in [2.45, 2.75) is 6.36 Å². The minimum Gasteiger partial charge on any atom is -0.406 e. The van der Waals surface area contributed by atoms with E-state index in [2.05, 4.69) is 4.74 Å². The van der Waals surface area contributed by atoms with Crippen molar-refractivity contribution < 1.29 is 17.9 Å². The summed E-state index contributed by atoms with van der Waals surface area (Å²) in [5.41, 5.74) is -2.10. The third-order valence-corrected chi connectivity index (χ3v) is 2.39. The number of ether oxygens (including phenoxy) is 1. The van der Waals surface area contributed by atoms with Crippen LogP contribution in [-0.4, -0.2) is 15.9 Å². The first kappa shape index (κ1) is 14.4. The molecule has 0 spiro atoms. The highest BCUT2D eigenvalue weighted by atomic mass is 19.4. The Bertz CT molecular complexity index is 830. The molecule has 1 aromatic carbocycles. The topological polar surface area (TPSA) is 87.9 Å². The van der Waals surface area contributed by atoms with Gasteiger partial charge in [0.05, 0.1) is 5.69 Å². The molecule has 1 heterocycles. The van der Waals surface area contributed by atoms with Crippen LogP contribution < -0.4 is 16.0 Å². The number of nitriles is 1. The van der Waals surface area contributed by atoms with Gasteiger partial charge in [0.1, 0.15) is 17.4 Å². The van der Waals surface area contributed by atoms with Crippen molar-refractivity contribution in [1.29, 1.82) is 5.26 Å². The number of alkyl halides is 3. The number of halogens is 3. The minimum absolute atomic E-state index is 0.00880. The van der Waals surface area contributed by atoms with Crippen LogP contribution in [0, 0.1) is 11.3 Å². The highest BCUT2D eigenvalue weighted by Gasteiger charge is 2.31. The summed E-state index contributed by atoms with van der Waals surface area (Å²) >= 11 is 0. The molecule has 6 nitrogen and oxygen atoms in total. The van der Waals surface area contributed by atoms with Gasteiger partial charge < -0.3 is 4.74 Å². The Morgan fingerprint density at radius 3 is 2.62 bits per heavy atom. The lowest BCUT2D eigenvalue weighted by molar-refractivity contribution is -0.274. The van der Waals surface area contributed by atoms with Gasteiger partial charge in [-0.2, -0.15) is 5.26 Å². The first-order chi connectivity index (χ1) is 9.80. The van der Waals surface area contributed by atoms with E-state index in [4.69, 9.17) is 5.26 Å². The normalized spacial score (nSPS) is 11.0. The summed E-state index contributed by atoms with van der Waals surface area (Å²) in [5, 5.41) is 8.73. The van der Waals surface area contributed by atoms with Crippen LogP contribution in [-0.2, 0) is 0 Å². The summed E-state index contributed by atoms with van der Waals surface area (Å²) in [6, 6.07) is 6.14. The van der Waals surface area contributed by atoms with Crippen LogP contribution in [0.1, 0.15) is 5.56 Å². The van der Waals surface area contributed by atoms with Crippen LogP contribution >= 0.6 is 0 Å². The molecule has 1 N–H and O–H groups in total. The van der Waals surface area contributed by atoms with Gasteiger partial charge >= 0.3 is 12.1 Å². The summed E-state index contributed by atoms with van der Waals surface area (Å²) in [4.78, 5) is 24.8. The quantitative estimate of drug-likeness (QED) is 0.905. The summed E-state index contributed by atoms with van der Waals surface area (Å²) in [6.45, 7) is 0. The smallest absolute Gasteiger partial charge is 0.406 e. The summed E-state index contributed by atoms with van der Waals surface area (Å²) in [7, 11) is 0. The van der Waals surface area contributed by atoms with E-state index in [0.29, 0.717) is 0 Å². The van der Waals surface area contributed by atoms with Gasteiger partial charge in [0.15, 0.2) is 0 Å². The van der Waals surface area contributed by atoms with Gasteiger partial charge in [-0.1, -0.05) is 6.07 Å². The molecule has 0 radical (unpaired) electrons. The second kappa shape index (κ2) is 5.16. The predicted octanol–water partition coefficient (Wildman–Crippen LogP) is 1.30. The molecule has 1 aromatic heterocycles. The number of hydrogen-bond acceptors (Lipinski definition) is 4. The van der Waals surface area contributed by atoms with Crippen LogP contribution in [0.2, 0.25) is 0 Å². The highest BCUT2D eigenvalue weighted by molar-refractivity contribution is 5.40. The largest absolute Gasteiger partial charge is 0.573 e. The van der Waals surface area contributed by atoms with Crippen LogP contribution in [0.3, 0.4) is 0 Å². The van der Waals surface area contributed by atoms with E-state index in [1.54, 1.807) is 6.07 Å². The fourth-order valence-corrected chi connectivity index (χ4v) is 1.57. The van der Waals surface area contributed by atoms with Crippen molar-refractivity contribution in [3.8, 4) is 17.5 Å². The third kappa shape index (κ3) is 3.30. The molecule has 0 atom stereocenters. The molecule has 9 heteroatoms. The molecule has 0 saturated heterocycles. The number of H-pyrrole nitrogens is 1. The van der Waals surface area contributed by atoms with Gasteiger partial charge in [0.2, 0.25) is 0 Å². The monoisotopic (exact) mass is 297 g/mol. The van der Waals surface area contributed by atoms with Crippen molar-refractivity contribution in [2.24, 2.45) is 0 Å². The zero-order valence-electron chi connectivity index (χ0n) is 10.1. The van der Waals surface area contributed by atoms with Gasteiger partial charge in [0.25, 0.3) is 5.56 Å². The van der Waals surface area contributed by atoms with Crippen LogP contribution in [0.4, 0.5) is 13.2 Å². The lowest BCUT2D eigenvalue weighted by Gasteiger charge is -2.11. The van der Waals surface area contributed by atoms with Crippen molar-refractivity contribution in [1.82, 2.24) is 9.55 Å². The van der Waals surface area contributed by atoms with E-state index in [1.165, 1.54) is 12.1 Å². The summed E-state index contributed by atoms with van der Waals surface area (Å²) in [6.07, 6.45) is -3.93. The first-order valence-corrected chi connectivity index (χ1v) is 5.42. The zero-order chi connectivity index (χ0) is 15.6. The Morgan fingerprint density at radius 2 is 2.00 bits per heavy atom. The van der Waals surface area contributed by atoms with Gasteiger partial charge in [-0.3, -0.25) is 14.3 Å². The number of hydrogen-bond donors (Lipinski definition) is 1. The fourth-order valence-electron chi connectivity index (χ4n) is 1.57. The number of nitrogens with one attached hydrogen (secondary N) is 1. The summed E-state index contributed by atoms with van der Waals surface area (Å²) < 4.78 is 41.0. The lowest BCUT2D eigenvalue weighted by Crippen LogP contribution is -2.30. The van der Waals surface area contributed by atoms with Crippen LogP contribution in [0.15, 0.2) is 40.1 Å². The Balaban J connectivity index is 2.53. The molecule has 0 bridgehead atoms. The number of aromatic amines is 1. The fraction of sp³-hybridized carbons (Fsp3) is 0.0833. The van der Waals surface area contributed by atoms with E-state index in [0.717, 1.165) is 22.9 Å². The average molecular weight is 297 g/mol. The Labute approximate surface area is 114 Å². The molecule has 2 aromatic rings. The lowest BCUT2D eigenvalue weighted by atomic mass is 10.3. The van der Waals surface area contributed by atoms with Crippen LogP contribution in [0.5, 0.6) is 5.75 Å². The highest BCUT2D eigenvalue weighted by Crippen LogP contribution is 2.24. The molecular formula is C12H6F3N3O3. The molecule has 21 heavy (non-hydrogen) atoms. The molecule has 0 aliphatic rings. The predicted molar refractivity (Wildman–Crippen MR) is 64.1 cm³/mol. The second-order valence-electron chi connectivity index (χ2n) is 3.83. The van der Waals surface area contributed by atoms with Crippen molar-refractivity contribution in [3.05, 3.63) is 56.9 Å². The molecule has 0 fully saturated rings. The Kier molecular flexibility index (Phi) is 3.54. The molecule has 0 amide bonds. The van der Waals surface area contributed by atoms with Gasteiger partial charge in [0, 0.05) is 12.3 Å². The molecular weight excluding hydrogens is 291 g/mol. The van der Waals surface area contributed by atoms with Crippen molar-refractivity contribution in [2.75, 3.05) is 0 Å². The molecule has 0 saturated carbocycles. The number of aromatic nitrogens is 2. The number of benzene rings is 1. The molecule has 0 unspecified atom stereocenters. The van der Waals surface area contributed by atoms with Gasteiger partial charge in [-0.25, -0.2) is 4.79 Å². The van der Waals surface area contributed by atoms with E-state index in [1.807, 2.05) is 4.98 Å². The number of nitrogens with zero attached hydrogens (tertiary/aromatic N) is 2. The van der Waals surface area contributed by atoms with Gasteiger partial charge in [-0.05, 0) is 12.1 Å². The maximum Gasteiger partial charge on any atom is 0.573 e. The Hall–Kier alpha value is -3.02. The average Bonchev–Trinajstić information content (AvgIpc) is 2.37. The van der Waals surface area contributed by atoms with E-state index >= 15 is 0 Å². The maximum absolute atomic E-state index is 12.1. The Morgan fingerprint density at radius 1 is 1.29 bits per heavy atom. The van der Waals surface area contributed by atoms with E-state index < -0.39 is 23.4 Å². The standard InChI is InChI=1S/C12H6F3N3O3/c13-12(14,15)21-9-3-1-2-8(4-9)18-6-7(5-16)10(19)17-11(18)20/h1-4,6H,(H,17,19,20). The second-order valence-corrected chi connectivity index (χ2v) is 3.83. The molecule has 2 rings (SSSR count). The van der Waals surface area contributed by atoms with E-state index in [9.17, 15) is 22.8 Å². The van der Waals surface area contributed by atoms with Crippen LogP contribution in [0.25, 0.3) is 5.69 Å². The SMILES string of the molecule is N#Cc1cn(-c2cccc(OC(F)(F)F)c2)c(=O)[nH]c1=O. The van der Waals surface area contributed by atoms with Crippen molar-refractivity contribution >= 4 is 0 Å². The molecule has 0 aliphatic carbocycles. The van der Waals surface area contributed by atoms with Gasteiger partial charge in [-0.15, -0.1) is 13.2 Å². The third-order valence-electron chi connectivity index (χ3n) is 2.39. The number of rotatable bonds is 2. The first-order valence-electron chi connectivity index (χ1n) is 5.42. The molecule has 0 aliphatic heterocycles. The zero-order valence-corrected chi connectivity index (χ0v) is 10.1. The minimum atomic E-state index is -4.87. The summed E-state index contributed by atoms with van der Waals surface area (Å²) in [5.74, 6) is -0.531. The maximum atomic E-state index is 12.1.